The molecule has 0 spiro atoms. The van der Waals surface area contributed by atoms with Gasteiger partial charge in [0.1, 0.15) is 0 Å². The van der Waals surface area contributed by atoms with Crippen LogP contribution in [0.4, 0.5) is 0 Å². The molecule has 3 heteroatoms. The molecule has 0 amide bonds. The van der Waals surface area contributed by atoms with Crippen molar-refractivity contribution in [2.75, 3.05) is 0 Å². The van der Waals surface area contributed by atoms with Gasteiger partial charge in [0.25, 0.3) is 0 Å². The van der Waals surface area contributed by atoms with E-state index in [1.165, 1.54) is 12.8 Å². The van der Waals surface area contributed by atoms with E-state index in [-0.39, 0.29) is 0 Å². The molecule has 0 bridgehead atoms. The second kappa shape index (κ2) is 7.53. The summed E-state index contributed by atoms with van der Waals surface area (Å²) in [4.78, 5) is 0. The van der Waals surface area contributed by atoms with Gasteiger partial charge in [-0.1, -0.05) is 19.8 Å². The molecule has 0 aromatic heterocycles. The Morgan fingerprint density at radius 2 is 1.46 bits per heavy atom. The van der Waals surface area contributed by atoms with Crippen LogP contribution in [0, 0.1) is 0 Å². The van der Waals surface area contributed by atoms with Crippen molar-refractivity contribution in [2.24, 2.45) is 0 Å². The van der Waals surface area contributed by atoms with Crippen LogP contribution in [0.2, 0.25) is 6.04 Å². The first-order valence-electron chi connectivity index (χ1n) is 5.25. The number of unbranched alkanes of at least 4 members (excludes halogenated alkanes) is 1. The molecule has 0 saturated heterocycles. The number of hydrogen-bond donors (Lipinski definition) is 0. The van der Waals surface area contributed by atoms with Crippen molar-refractivity contribution in [3.05, 3.63) is 0 Å². The highest BCUT2D eigenvalue weighted by molar-refractivity contribution is 6.44. The smallest absolute Gasteiger partial charge is 0.385 e. The Morgan fingerprint density at radius 1 is 1.00 bits per heavy atom. The molecule has 0 unspecified atom stereocenters. The van der Waals surface area contributed by atoms with E-state index in [2.05, 4.69) is 34.6 Å². The predicted molar refractivity (Wildman–Crippen MR) is 57.9 cm³/mol. The summed E-state index contributed by atoms with van der Waals surface area (Å²) in [5.74, 6) is 0. The van der Waals surface area contributed by atoms with Crippen molar-refractivity contribution in [1.82, 2.24) is 0 Å². The third-order valence-corrected chi connectivity index (χ3v) is 3.70. The molecule has 0 N–H and O–H groups in total. The first-order valence-corrected chi connectivity index (χ1v) is 6.77. The topological polar surface area (TPSA) is 18.5 Å². The number of hydrogen-bond acceptors (Lipinski definition) is 2. The molecule has 0 atom stereocenters. The predicted octanol–water partition coefficient (Wildman–Crippen LogP) is 3.12. The zero-order valence-corrected chi connectivity index (χ0v) is 10.6. The molecular formula is C10H23O2Si. The Hall–Kier alpha value is 0.137. The first-order chi connectivity index (χ1) is 6.06. The highest BCUT2D eigenvalue weighted by atomic mass is 28.3. The van der Waals surface area contributed by atoms with Gasteiger partial charge < -0.3 is 8.85 Å². The summed E-state index contributed by atoms with van der Waals surface area (Å²) < 4.78 is 11.5. The van der Waals surface area contributed by atoms with Crippen molar-refractivity contribution in [3.8, 4) is 0 Å². The van der Waals surface area contributed by atoms with Crippen LogP contribution in [0.1, 0.15) is 47.5 Å². The Bertz CT molecular complexity index is 105. The Balaban J connectivity index is 3.73. The van der Waals surface area contributed by atoms with Gasteiger partial charge in [-0.15, -0.1) is 0 Å². The molecule has 0 fully saturated rings. The molecular weight excluding hydrogens is 180 g/mol. The zero-order valence-electron chi connectivity index (χ0n) is 9.59. The normalized spacial score (nSPS) is 12.0. The van der Waals surface area contributed by atoms with Gasteiger partial charge in [0.05, 0.1) is 0 Å². The minimum atomic E-state index is -1.01. The molecule has 0 aromatic carbocycles. The fourth-order valence-corrected chi connectivity index (χ4v) is 2.98. The quantitative estimate of drug-likeness (QED) is 0.592. The van der Waals surface area contributed by atoms with Crippen molar-refractivity contribution < 1.29 is 8.85 Å². The molecule has 79 valence electrons. The molecule has 1 radical (unpaired) electrons. The van der Waals surface area contributed by atoms with E-state index < -0.39 is 9.28 Å². The van der Waals surface area contributed by atoms with Crippen LogP contribution in [0.3, 0.4) is 0 Å². The molecule has 0 rings (SSSR count). The van der Waals surface area contributed by atoms with Crippen LogP contribution in [0.15, 0.2) is 0 Å². The van der Waals surface area contributed by atoms with Crippen LogP contribution in [0.25, 0.3) is 0 Å². The summed E-state index contributed by atoms with van der Waals surface area (Å²) in [6.45, 7) is 10.5. The van der Waals surface area contributed by atoms with Crippen LogP contribution in [-0.2, 0) is 8.85 Å². The third kappa shape index (κ3) is 8.47. The average molecular weight is 203 g/mol. The fraction of sp³-hybridized carbons (Fsp3) is 1.00. The molecule has 2 nitrogen and oxygen atoms in total. The van der Waals surface area contributed by atoms with Crippen molar-refractivity contribution in [2.45, 2.75) is 65.7 Å². The standard InChI is InChI=1S/C10H23O2Si/c1-6-7-8-13(11-9(2)3)12-10(4)5/h9-10H,6-8H2,1-5H3. The third-order valence-electron chi connectivity index (χ3n) is 1.47. The van der Waals surface area contributed by atoms with Gasteiger partial charge in [-0.2, -0.15) is 0 Å². The lowest BCUT2D eigenvalue weighted by Gasteiger charge is -2.19. The maximum atomic E-state index is 5.74. The fourth-order valence-electron chi connectivity index (χ4n) is 0.993. The van der Waals surface area contributed by atoms with Crippen molar-refractivity contribution in [3.63, 3.8) is 0 Å². The first kappa shape index (κ1) is 13.1. The summed E-state index contributed by atoms with van der Waals surface area (Å²) in [5.41, 5.74) is 0. The van der Waals surface area contributed by atoms with Gasteiger partial charge in [-0.25, -0.2) is 0 Å². The summed E-state index contributed by atoms with van der Waals surface area (Å²) in [5, 5.41) is 0. The van der Waals surface area contributed by atoms with Crippen molar-refractivity contribution >= 4 is 9.28 Å². The monoisotopic (exact) mass is 203 g/mol. The molecule has 0 aliphatic heterocycles. The maximum Gasteiger partial charge on any atom is 0.385 e. The Labute approximate surface area is 84.5 Å². The highest BCUT2D eigenvalue weighted by Crippen LogP contribution is 2.08. The van der Waals surface area contributed by atoms with E-state index in [4.69, 9.17) is 8.85 Å². The van der Waals surface area contributed by atoms with E-state index >= 15 is 0 Å². The second-order valence-corrected chi connectivity index (χ2v) is 5.52. The molecule has 0 heterocycles. The Morgan fingerprint density at radius 3 is 1.77 bits per heavy atom. The van der Waals surface area contributed by atoms with E-state index in [1.54, 1.807) is 0 Å². The zero-order chi connectivity index (χ0) is 10.3. The SMILES string of the molecule is CCCC[Si](OC(C)C)OC(C)C. The van der Waals surface area contributed by atoms with Crippen molar-refractivity contribution in [1.29, 1.82) is 0 Å². The van der Waals surface area contributed by atoms with Gasteiger partial charge in [0.2, 0.25) is 0 Å². The van der Waals surface area contributed by atoms with Gasteiger partial charge in [-0.05, 0) is 33.7 Å². The van der Waals surface area contributed by atoms with E-state index in [1.807, 2.05) is 0 Å². The van der Waals surface area contributed by atoms with E-state index in [9.17, 15) is 0 Å². The average Bonchev–Trinajstić information content (AvgIpc) is 1.98. The summed E-state index contributed by atoms with van der Waals surface area (Å²) in [7, 11) is -1.01. The lowest BCUT2D eigenvalue weighted by molar-refractivity contribution is 0.129. The number of rotatable bonds is 7. The van der Waals surface area contributed by atoms with Gasteiger partial charge in [0, 0.05) is 12.2 Å². The van der Waals surface area contributed by atoms with E-state index in [0.29, 0.717) is 12.2 Å². The maximum absolute atomic E-state index is 5.74. The Kier molecular flexibility index (Phi) is 7.61. The van der Waals surface area contributed by atoms with Crippen LogP contribution in [-0.4, -0.2) is 21.5 Å². The second-order valence-electron chi connectivity index (χ2n) is 3.81. The van der Waals surface area contributed by atoms with Crippen LogP contribution >= 0.6 is 0 Å². The molecule has 0 aromatic rings. The largest absolute Gasteiger partial charge is 0.391 e. The molecule has 13 heavy (non-hydrogen) atoms. The lowest BCUT2D eigenvalue weighted by Crippen LogP contribution is -2.29. The lowest BCUT2D eigenvalue weighted by atomic mass is 10.4. The van der Waals surface area contributed by atoms with Gasteiger partial charge in [0.15, 0.2) is 0 Å². The van der Waals surface area contributed by atoms with Crippen LogP contribution in [0.5, 0.6) is 0 Å². The molecule has 0 aliphatic carbocycles. The highest BCUT2D eigenvalue weighted by Gasteiger charge is 2.18. The summed E-state index contributed by atoms with van der Waals surface area (Å²) in [6.07, 6.45) is 3.03. The summed E-state index contributed by atoms with van der Waals surface area (Å²) >= 11 is 0. The summed E-state index contributed by atoms with van der Waals surface area (Å²) in [6, 6.07) is 1.11. The minimum Gasteiger partial charge on any atom is -0.391 e. The van der Waals surface area contributed by atoms with Gasteiger partial charge in [-0.3, -0.25) is 0 Å². The molecule has 0 saturated carbocycles. The molecule has 0 aliphatic rings. The van der Waals surface area contributed by atoms with Crippen LogP contribution < -0.4 is 0 Å². The van der Waals surface area contributed by atoms with E-state index in [0.717, 1.165) is 6.04 Å². The minimum absolute atomic E-state index is 0.296. The van der Waals surface area contributed by atoms with Gasteiger partial charge >= 0.3 is 9.28 Å².